The lowest BCUT2D eigenvalue weighted by Gasteiger charge is -2.15. The fourth-order valence-corrected chi connectivity index (χ4v) is 3.81. The van der Waals surface area contributed by atoms with E-state index < -0.39 is 0 Å². The highest BCUT2D eigenvalue weighted by Crippen LogP contribution is 2.27. The zero-order valence-electron chi connectivity index (χ0n) is 19.1. The zero-order chi connectivity index (χ0) is 23.8. The van der Waals surface area contributed by atoms with Gasteiger partial charge in [-0.05, 0) is 30.7 Å². The van der Waals surface area contributed by atoms with E-state index in [4.69, 9.17) is 14.2 Å². The number of ketones is 1. The average Bonchev–Trinajstić information content (AvgIpc) is 3.44. The number of Topliss-reactive ketones (excluding diaryl/α,β-unsaturated/α-hetero) is 1. The maximum Gasteiger partial charge on any atom is 0.302 e. The molecule has 176 valence electrons. The summed E-state index contributed by atoms with van der Waals surface area (Å²) >= 11 is 0. The predicted molar refractivity (Wildman–Crippen MR) is 121 cm³/mol. The minimum absolute atomic E-state index is 0.0220. The fraction of sp³-hybridized carbons (Fsp3) is 0.478. The maximum atomic E-state index is 12.9. The van der Waals surface area contributed by atoms with E-state index in [0.717, 1.165) is 25.1 Å². The van der Waals surface area contributed by atoms with E-state index in [1.807, 2.05) is 0 Å². The Morgan fingerprint density at radius 3 is 2.55 bits per heavy atom. The first-order chi connectivity index (χ1) is 15.9. The quantitative estimate of drug-likeness (QED) is 0.384. The highest BCUT2D eigenvalue weighted by atomic mass is 16.5. The van der Waals surface area contributed by atoms with E-state index in [1.54, 1.807) is 37.1 Å². The van der Waals surface area contributed by atoms with Crippen LogP contribution in [0.3, 0.4) is 0 Å². The van der Waals surface area contributed by atoms with Crippen LogP contribution in [0.2, 0.25) is 0 Å². The van der Waals surface area contributed by atoms with Crippen molar-refractivity contribution in [3.63, 3.8) is 0 Å². The van der Waals surface area contributed by atoms with Gasteiger partial charge in [0.05, 0.1) is 38.9 Å². The van der Waals surface area contributed by atoms with Crippen LogP contribution in [0.5, 0.6) is 11.5 Å². The summed E-state index contributed by atoms with van der Waals surface area (Å²) in [6.07, 6.45) is 1.04. The predicted octanol–water partition coefficient (Wildman–Crippen LogP) is 1.64. The van der Waals surface area contributed by atoms with Gasteiger partial charge in [-0.2, -0.15) is 10.4 Å². The normalized spacial score (nSPS) is 15.0. The van der Waals surface area contributed by atoms with E-state index in [2.05, 4.69) is 21.8 Å². The number of nitrogens with zero attached hydrogens (tertiary/aromatic N) is 3. The summed E-state index contributed by atoms with van der Waals surface area (Å²) in [7, 11) is 3.11. The van der Waals surface area contributed by atoms with Crippen molar-refractivity contribution in [2.75, 3.05) is 45.8 Å². The van der Waals surface area contributed by atoms with Crippen LogP contribution in [0.25, 0.3) is 0 Å². The summed E-state index contributed by atoms with van der Waals surface area (Å²) in [6, 6.07) is 7.59. The van der Waals surface area contributed by atoms with Gasteiger partial charge >= 0.3 is 5.97 Å². The molecule has 10 nitrogen and oxygen atoms in total. The van der Waals surface area contributed by atoms with Crippen LogP contribution in [0.15, 0.2) is 18.2 Å². The fourth-order valence-electron chi connectivity index (χ4n) is 3.81. The number of methoxy groups -OCH3 is 2. The van der Waals surface area contributed by atoms with Crippen molar-refractivity contribution < 1.29 is 23.8 Å². The highest BCUT2D eigenvalue weighted by Gasteiger charge is 2.26. The molecule has 1 fully saturated rings. The van der Waals surface area contributed by atoms with Crippen LogP contribution in [-0.4, -0.2) is 62.0 Å². The minimum atomic E-state index is -0.369. The Hall–Kier alpha value is -3.58. The first-order valence-corrected chi connectivity index (χ1v) is 10.8. The second-order valence-corrected chi connectivity index (χ2v) is 7.75. The van der Waals surface area contributed by atoms with Gasteiger partial charge in [-0.15, -0.1) is 0 Å². The molecule has 2 aromatic rings. The van der Waals surface area contributed by atoms with Gasteiger partial charge in [0, 0.05) is 26.0 Å². The molecule has 3 rings (SSSR count). The molecule has 1 saturated heterocycles. The Balaban J connectivity index is 1.80. The first-order valence-electron chi connectivity index (χ1n) is 10.8. The Morgan fingerprint density at radius 1 is 1.24 bits per heavy atom. The van der Waals surface area contributed by atoms with Crippen molar-refractivity contribution >= 4 is 17.6 Å². The molecule has 0 radical (unpaired) electrons. The van der Waals surface area contributed by atoms with Crippen LogP contribution in [0, 0.1) is 11.3 Å². The Bertz CT molecular complexity index is 1010. The van der Waals surface area contributed by atoms with Crippen molar-refractivity contribution in [3.05, 3.63) is 35.0 Å². The summed E-state index contributed by atoms with van der Waals surface area (Å²) in [5.41, 5.74) is 1.52. The Labute approximate surface area is 192 Å². The van der Waals surface area contributed by atoms with Crippen molar-refractivity contribution in [3.8, 4) is 17.6 Å². The van der Waals surface area contributed by atoms with Gasteiger partial charge in [0.25, 0.3) is 0 Å². The number of carbonyl (C=O) groups is 2. The second kappa shape index (κ2) is 11.3. The number of aromatic nitrogens is 2. The monoisotopic (exact) mass is 455 g/mol. The largest absolute Gasteiger partial charge is 0.497 e. The summed E-state index contributed by atoms with van der Waals surface area (Å²) in [5, 5.41) is 20.9. The van der Waals surface area contributed by atoms with E-state index in [9.17, 15) is 14.9 Å². The number of nitriles is 1. The molecular weight excluding hydrogens is 426 g/mol. The van der Waals surface area contributed by atoms with E-state index >= 15 is 0 Å². The molecule has 0 saturated carbocycles. The number of hydrogen-bond donors (Lipinski definition) is 2. The second-order valence-electron chi connectivity index (χ2n) is 7.75. The van der Waals surface area contributed by atoms with Crippen LogP contribution in [0.1, 0.15) is 36.2 Å². The van der Waals surface area contributed by atoms with Crippen LogP contribution in [-0.2, 0) is 27.2 Å². The molecule has 2 N–H and O–H groups in total. The van der Waals surface area contributed by atoms with E-state index in [0.29, 0.717) is 35.1 Å². The number of hydrogen-bond acceptors (Lipinski definition) is 9. The summed E-state index contributed by atoms with van der Waals surface area (Å²) in [4.78, 5) is 23.9. The molecule has 0 unspecified atom stereocenters. The molecule has 1 atom stereocenters. The third-order valence-electron chi connectivity index (χ3n) is 5.35. The van der Waals surface area contributed by atoms with Gasteiger partial charge in [0.1, 0.15) is 41.3 Å². The van der Waals surface area contributed by atoms with Crippen molar-refractivity contribution in [2.24, 2.45) is 0 Å². The number of nitrogens with one attached hydrogen (secondary N) is 2. The molecule has 2 heterocycles. The van der Waals surface area contributed by atoms with Gasteiger partial charge in [-0.1, -0.05) is 0 Å². The molecule has 0 aliphatic carbocycles. The molecule has 1 aromatic carbocycles. The molecule has 0 amide bonds. The van der Waals surface area contributed by atoms with Gasteiger partial charge < -0.3 is 24.8 Å². The lowest BCUT2D eigenvalue weighted by atomic mass is 10.0. The lowest BCUT2D eigenvalue weighted by Crippen LogP contribution is -2.19. The number of benzene rings is 1. The molecular formula is C23H29N5O5. The van der Waals surface area contributed by atoms with Crippen LogP contribution < -0.4 is 20.1 Å². The minimum Gasteiger partial charge on any atom is -0.497 e. The average molecular weight is 456 g/mol. The van der Waals surface area contributed by atoms with E-state index in [-0.39, 0.29) is 37.2 Å². The molecule has 10 heteroatoms. The summed E-state index contributed by atoms with van der Waals surface area (Å²) in [5.74, 6) is 1.30. The molecule has 0 spiro atoms. The standard InChI is InChI=1S/C23H29N5O5/c1-15(29)33-7-6-26-23-21(13-24)22(27-28(23)17-4-5-25-14-17)11-18(30)8-16-9-19(31-2)12-20(10-16)32-3/h9-10,12,17,25-26H,4-8,11,14H2,1-3H3/t17-/m0/s1. The molecule has 1 aliphatic heterocycles. The van der Waals surface area contributed by atoms with Crippen LogP contribution in [0.4, 0.5) is 5.82 Å². The highest BCUT2D eigenvalue weighted by molar-refractivity contribution is 5.84. The SMILES string of the molecule is COc1cc(CC(=O)Cc2nn([C@H]3CCNC3)c(NCCOC(C)=O)c2C#N)cc(OC)c1. The zero-order valence-corrected chi connectivity index (χ0v) is 19.1. The van der Waals surface area contributed by atoms with Gasteiger partial charge in [-0.25, -0.2) is 4.68 Å². The van der Waals surface area contributed by atoms with Gasteiger partial charge in [0.15, 0.2) is 0 Å². The topological polar surface area (TPSA) is 127 Å². The third-order valence-corrected chi connectivity index (χ3v) is 5.35. The number of anilines is 1. The van der Waals surface area contributed by atoms with Crippen molar-refractivity contribution in [2.45, 2.75) is 32.2 Å². The number of rotatable bonds is 11. The molecule has 33 heavy (non-hydrogen) atoms. The summed E-state index contributed by atoms with van der Waals surface area (Å²) in [6.45, 7) is 3.42. The Kier molecular flexibility index (Phi) is 8.27. The van der Waals surface area contributed by atoms with Crippen LogP contribution >= 0.6 is 0 Å². The van der Waals surface area contributed by atoms with E-state index in [1.165, 1.54) is 6.92 Å². The third kappa shape index (κ3) is 6.23. The van der Waals surface area contributed by atoms with Gasteiger partial charge in [-0.3, -0.25) is 9.59 Å². The summed E-state index contributed by atoms with van der Waals surface area (Å²) < 4.78 is 17.3. The lowest BCUT2D eigenvalue weighted by molar-refractivity contribution is -0.140. The van der Waals surface area contributed by atoms with Gasteiger partial charge in [0.2, 0.25) is 0 Å². The number of ether oxygens (including phenoxy) is 3. The van der Waals surface area contributed by atoms with Crippen molar-refractivity contribution in [1.82, 2.24) is 15.1 Å². The van der Waals surface area contributed by atoms with Crippen molar-refractivity contribution in [1.29, 1.82) is 5.26 Å². The smallest absolute Gasteiger partial charge is 0.302 e. The molecule has 1 aliphatic rings. The Morgan fingerprint density at radius 2 is 1.97 bits per heavy atom. The molecule has 1 aromatic heterocycles. The first kappa shape index (κ1) is 24.1. The number of esters is 1. The maximum absolute atomic E-state index is 12.9. The number of carbonyl (C=O) groups excluding carboxylic acids is 2. The molecule has 0 bridgehead atoms.